The van der Waals surface area contributed by atoms with Crippen molar-refractivity contribution >= 4 is 57.6 Å². The fourth-order valence-corrected chi connectivity index (χ4v) is 9.52. The Labute approximate surface area is 312 Å². The number of benzene rings is 7. The Kier molecular flexibility index (Phi) is 8.05. The van der Waals surface area contributed by atoms with Crippen LogP contribution in [0.5, 0.6) is 0 Å². The summed E-state index contributed by atoms with van der Waals surface area (Å²) in [4.78, 5) is 9.58. The molecule has 52 heavy (non-hydrogen) atoms. The summed E-state index contributed by atoms with van der Waals surface area (Å²) >= 11 is 3.58. The second kappa shape index (κ2) is 13.2. The summed E-state index contributed by atoms with van der Waals surface area (Å²) in [6.45, 7) is 2.24. The molecule has 0 unspecified atom stereocenters. The molecule has 7 aromatic carbocycles. The number of hydrogen-bond donors (Lipinski definition) is 0. The zero-order valence-electron chi connectivity index (χ0n) is 28.2. The average Bonchev–Trinajstić information content (AvgIpc) is 3.21. The second-order valence-corrected chi connectivity index (χ2v) is 14.8. The van der Waals surface area contributed by atoms with Crippen molar-refractivity contribution < 1.29 is 0 Å². The normalized spacial score (nSPS) is 12.5. The van der Waals surface area contributed by atoms with Crippen molar-refractivity contribution in [3.63, 3.8) is 0 Å². The van der Waals surface area contributed by atoms with Crippen molar-refractivity contribution in [1.82, 2.24) is 0 Å². The van der Waals surface area contributed by atoms with Crippen LogP contribution in [0.25, 0.3) is 22.3 Å². The highest BCUT2D eigenvalue weighted by molar-refractivity contribution is 8.00. The number of nitriles is 2. The van der Waals surface area contributed by atoms with Crippen molar-refractivity contribution in [2.24, 2.45) is 0 Å². The maximum absolute atomic E-state index is 10.1. The first-order chi connectivity index (χ1) is 25.7. The van der Waals surface area contributed by atoms with E-state index in [9.17, 15) is 10.5 Å². The van der Waals surface area contributed by atoms with Gasteiger partial charge in [0.15, 0.2) is 0 Å². The molecular formula is C46H30N4S2. The van der Waals surface area contributed by atoms with Gasteiger partial charge in [-0.2, -0.15) is 10.5 Å². The third-order valence-electron chi connectivity index (χ3n) is 9.64. The maximum Gasteiger partial charge on any atom is 0.0991 e. The minimum Gasteiger partial charge on any atom is -0.307 e. The van der Waals surface area contributed by atoms with E-state index in [4.69, 9.17) is 0 Å². The van der Waals surface area contributed by atoms with Gasteiger partial charge in [-0.15, -0.1) is 0 Å². The molecule has 0 N–H and O–H groups in total. The highest BCUT2D eigenvalue weighted by Crippen LogP contribution is 2.60. The lowest BCUT2D eigenvalue weighted by molar-refractivity contribution is 1.06. The van der Waals surface area contributed by atoms with Crippen molar-refractivity contribution in [3.05, 3.63) is 168 Å². The molecule has 4 nitrogen and oxygen atoms in total. The SMILES string of the molecule is CCc1c(N2c3ccccc3Sc3ccccc32)c(-c2cccc(C#N)c2)cc(-c2cccc(C#N)c2)c1N1c2ccccc2Sc2ccccc21. The minimum atomic E-state index is 0.601. The minimum absolute atomic E-state index is 0.601. The number of hydrogen-bond acceptors (Lipinski definition) is 6. The van der Waals surface area contributed by atoms with Crippen LogP contribution in [0.3, 0.4) is 0 Å². The van der Waals surface area contributed by atoms with E-state index in [2.05, 4.69) is 144 Å². The standard InChI is InChI=1S/C46H30N4S2/c1-2-34-45(49-37-17-3-7-21-41(37)51-42-22-8-4-18-38(42)49)35(32-15-11-13-30(25-32)28-47)27-36(33-16-12-14-31(26-33)29-48)46(34)50-39-19-5-9-23-43(39)52-44-24-10-6-20-40(44)50/h3-27H,2H2,1H3. The molecule has 2 aliphatic heterocycles. The van der Waals surface area contributed by atoms with Crippen molar-refractivity contribution in [2.75, 3.05) is 9.80 Å². The van der Waals surface area contributed by atoms with Gasteiger partial charge < -0.3 is 9.80 Å². The summed E-state index contributed by atoms with van der Waals surface area (Å²) in [6.07, 6.45) is 0.712. The molecule has 7 aromatic rings. The highest BCUT2D eigenvalue weighted by Gasteiger charge is 2.34. The zero-order valence-corrected chi connectivity index (χ0v) is 29.9. The van der Waals surface area contributed by atoms with E-state index in [1.54, 1.807) is 23.5 Å². The third kappa shape index (κ3) is 5.24. The summed E-state index contributed by atoms with van der Waals surface area (Å²) in [7, 11) is 0. The Balaban J connectivity index is 1.48. The van der Waals surface area contributed by atoms with Gasteiger partial charge in [0.1, 0.15) is 0 Å². The lowest BCUT2D eigenvalue weighted by Gasteiger charge is -2.40. The van der Waals surface area contributed by atoms with E-state index >= 15 is 0 Å². The molecule has 0 saturated carbocycles. The molecule has 0 radical (unpaired) electrons. The van der Waals surface area contributed by atoms with E-state index in [1.807, 2.05) is 36.4 Å². The summed E-state index contributed by atoms with van der Waals surface area (Å²) in [5, 5.41) is 20.2. The molecule has 0 fully saturated rings. The van der Waals surface area contributed by atoms with Crippen molar-refractivity contribution in [2.45, 2.75) is 32.9 Å². The van der Waals surface area contributed by atoms with Crippen LogP contribution in [0.4, 0.5) is 34.1 Å². The van der Waals surface area contributed by atoms with Crippen LogP contribution < -0.4 is 9.80 Å². The third-order valence-corrected chi connectivity index (χ3v) is 11.9. The molecule has 2 aliphatic rings. The molecule has 0 aliphatic carbocycles. The number of para-hydroxylation sites is 4. The van der Waals surface area contributed by atoms with Gasteiger partial charge in [0.05, 0.1) is 57.4 Å². The van der Waals surface area contributed by atoms with Crippen LogP contribution in [0.2, 0.25) is 0 Å². The molecule has 0 spiro atoms. The van der Waals surface area contributed by atoms with Crippen molar-refractivity contribution in [3.8, 4) is 34.4 Å². The van der Waals surface area contributed by atoms with E-state index in [0.29, 0.717) is 17.5 Å². The summed E-state index contributed by atoms with van der Waals surface area (Å²) in [5.74, 6) is 0. The fraction of sp³-hybridized carbons (Fsp3) is 0.0435. The van der Waals surface area contributed by atoms with Gasteiger partial charge in [0.2, 0.25) is 0 Å². The molecule has 0 aromatic heterocycles. The van der Waals surface area contributed by atoms with Crippen LogP contribution in [0.1, 0.15) is 23.6 Å². The molecule has 2 heterocycles. The molecule has 0 atom stereocenters. The molecule has 0 saturated heterocycles. The Hall–Kier alpha value is -6.18. The predicted octanol–water partition coefficient (Wildman–Crippen LogP) is 13.2. The molecule has 246 valence electrons. The van der Waals surface area contributed by atoms with Crippen molar-refractivity contribution in [1.29, 1.82) is 10.5 Å². The van der Waals surface area contributed by atoms with Crippen LogP contribution in [-0.4, -0.2) is 0 Å². The zero-order chi connectivity index (χ0) is 35.2. The molecule has 6 heteroatoms. The van der Waals surface area contributed by atoms with Gasteiger partial charge in [-0.25, -0.2) is 0 Å². The summed E-state index contributed by atoms with van der Waals surface area (Å²) in [6, 6.07) is 57.4. The van der Waals surface area contributed by atoms with Gasteiger partial charge in [-0.05, 0) is 96.4 Å². The van der Waals surface area contributed by atoms with E-state index in [0.717, 1.165) is 61.9 Å². The Morgan fingerprint density at radius 3 is 1.17 bits per heavy atom. The smallest absolute Gasteiger partial charge is 0.0991 e. The first-order valence-electron chi connectivity index (χ1n) is 17.2. The fourth-order valence-electron chi connectivity index (χ4n) is 7.41. The van der Waals surface area contributed by atoms with Crippen LogP contribution in [0, 0.1) is 22.7 Å². The van der Waals surface area contributed by atoms with Crippen LogP contribution in [0.15, 0.2) is 171 Å². The Morgan fingerprint density at radius 2 is 0.827 bits per heavy atom. The van der Waals surface area contributed by atoms with Crippen LogP contribution in [-0.2, 0) is 6.42 Å². The predicted molar refractivity (Wildman–Crippen MR) is 214 cm³/mol. The van der Waals surface area contributed by atoms with Crippen LogP contribution >= 0.6 is 23.5 Å². The van der Waals surface area contributed by atoms with E-state index < -0.39 is 0 Å². The number of anilines is 6. The summed E-state index contributed by atoms with van der Waals surface area (Å²) in [5.41, 5.74) is 12.9. The molecule has 0 bridgehead atoms. The van der Waals surface area contributed by atoms with Gasteiger partial charge in [0.25, 0.3) is 0 Å². The quantitative estimate of drug-likeness (QED) is 0.178. The highest BCUT2D eigenvalue weighted by atomic mass is 32.2. The molecular weight excluding hydrogens is 673 g/mol. The largest absolute Gasteiger partial charge is 0.307 e. The topological polar surface area (TPSA) is 54.1 Å². The van der Waals surface area contributed by atoms with Gasteiger partial charge in [-0.3, -0.25) is 0 Å². The monoisotopic (exact) mass is 702 g/mol. The maximum atomic E-state index is 10.1. The van der Waals surface area contributed by atoms with Gasteiger partial charge in [0, 0.05) is 36.3 Å². The number of fused-ring (bicyclic) bond motifs is 4. The first-order valence-corrected chi connectivity index (χ1v) is 18.8. The summed E-state index contributed by atoms with van der Waals surface area (Å²) < 4.78 is 0. The lowest BCUT2D eigenvalue weighted by Crippen LogP contribution is -2.22. The first kappa shape index (κ1) is 31.8. The number of nitrogens with zero attached hydrogens (tertiary/aromatic N) is 4. The van der Waals surface area contributed by atoms with Gasteiger partial charge in [-0.1, -0.05) is 103 Å². The molecule has 9 rings (SSSR count). The second-order valence-electron chi connectivity index (χ2n) is 12.6. The number of rotatable bonds is 5. The average molecular weight is 703 g/mol. The van der Waals surface area contributed by atoms with E-state index in [-0.39, 0.29) is 0 Å². The molecule has 0 amide bonds. The Bertz CT molecular complexity index is 2360. The van der Waals surface area contributed by atoms with E-state index in [1.165, 1.54) is 19.6 Å². The lowest BCUT2D eigenvalue weighted by atomic mass is 9.87. The van der Waals surface area contributed by atoms with Gasteiger partial charge >= 0.3 is 0 Å². The Morgan fingerprint density at radius 1 is 0.462 bits per heavy atom.